The first-order valence-electron chi connectivity index (χ1n) is 5.54. The summed E-state index contributed by atoms with van der Waals surface area (Å²) in [5.41, 5.74) is 0. The Hall–Kier alpha value is -1.83. The van der Waals surface area contributed by atoms with Gasteiger partial charge in [-0.3, -0.25) is 4.79 Å². The number of urea groups is 1. The number of aliphatic hydroxyl groups is 1. The van der Waals surface area contributed by atoms with E-state index in [2.05, 4.69) is 10.6 Å². The van der Waals surface area contributed by atoms with Gasteiger partial charge in [-0.15, -0.1) is 0 Å². The molecule has 0 fully saturated rings. The Morgan fingerprint density at radius 1 is 1.33 bits per heavy atom. The van der Waals surface area contributed by atoms with E-state index < -0.39 is 24.6 Å². The summed E-state index contributed by atoms with van der Waals surface area (Å²) in [6.07, 6.45) is 0.785. The fraction of sp³-hybridized carbons (Fsp3) is 0.700. The van der Waals surface area contributed by atoms with Crippen LogP contribution in [0.4, 0.5) is 4.79 Å². The van der Waals surface area contributed by atoms with E-state index in [1.54, 1.807) is 0 Å². The van der Waals surface area contributed by atoms with Crippen LogP contribution in [0.3, 0.4) is 0 Å². The minimum absolute atomic E-state index is 0.177. The molecule has 3 amide bonds. The van der Waals surface area contributed by atoms with E-state index in [-0.39, 0.29) is 12.5 Å². The van der Waals surface area contributed by atoms with E-state index in [1.165, 1.54) is 7.05 Å². The van der Waals surface area contributed by atoms with Crippen LogP contribution in [-0.4, -0.2) is 65.8 Å². The molecule has 4 N–H and O–H groups in total. The lowest BCUT2D eigenvalue weighted by atomic mass is 10.3. The predicted molar refractivity (Wildman–Crippen MR) is 63.0 cm³/mol. The second-order valence-corrected chi connectivity index (χ2v) is 3.73. The van der Waals surface area contributed by atoms with Gasteiger partial charge >= 0.3 is 12.0 Å². The predicted octanol–water partition coefficient (Wildman–Crippen LogP) is -1.40. The largest absolute Gasteiger partial charge is 0.480 e. The van der Waals surface area contributed by atoms with Crippen molar-refractivity contribution >= 4 is 17.9 Å². The Balaban J connectivity index is 4.17. The number of aliphatic hydroxyl groups excluding tert-OH is 1. The topological polar surface area (TPSA) is 119 Å². The van der Waals surface area contributed by atoms with Gasteiger partial charge in [0.05, 0.1) is 6.61 Å². The summed E-state index contributed by atoms with van der Waals surface area (Å²) in [5, 5.41) is 22.0. The van der Waals surface area contributed by atoms with Gasteiger partial charge in [0.2, 0.25) is 5.91 Å². The average Bonchev–Trinajstić information content (AvgIpc) is 2.32. The SMILES string of the molecule is CCCNC(=O)CN(C)C(=O)NC(CO)C(=O)O. The average molecular weight is 261 g/mol. The molecule has 8 heteroatoms. The van der Waals surface area contributed by atoms with Crippen molar-refractivity contribution in [1.29, 1.82) is 0 Å². The summed E-state index contributed by atoms with van der Waals surface area (Å²) in [7, 11) is 1.36. The minimum atomic E-state index is -1.38. The van der Waals surface area contributed by atoms with Gasteiger partial charge in [0, 0.05) is 13.6 Å². The number of aliphatic carboxylic acids is 1. The van der Waals surface area contributed by atoms with Crippen molar-refractivity contribution in [2.75, 3.05) is 26.7 Å². The summed E-state index contributed by atoms with van der Waals surface area (Å²) < 4.78 is 0. The van der Waals surface area contributed by atoms with E-state index in [4.69, 9.17) is 10.2 Å². The lowest BCUT2D eigenvalue weighted by molar-refractivity contribution is -0.140. The van der Waals surface area contributed by atoms with Crippen LogP contribution < -0.4 is 10.6 Å². The fourth-order valence-electron chi connectivity index (χ4n) is 1.05. The molecule has 0 heterocycles. The van der Waals surface area contributed by atoms with Gasteiger partial charge in [0.25, 0.3) is 0 Å². The van der Waals surface area contributed by atoms with Gasteiger partial charge in [-0.1, -0.05) is 6.92 Å². The molecule has 8 nitrogen and oxygen atoms in total. The molecule has 0 aliphatic carbocycles. The zero-order valence-corrected chi connectivity index (χ0v) is 10.5. The van der Waals surface area contributed by atoms with Gasteiger partial charge in [0.15, 0.2) is 6.04 Å². The summed E-state index contributed by atoms with van der Waals surface area (Å²) in [6.45, 7) is 1.53. The van der Waals surface area contributed by atoms with Crippen LogP contribution in [0.1, 0.15) is 13.3 Å². The molecule has 0 radical (unpaired) electrons. The van der Waals surface area contributed by atoms with Crippen LogP contribution in [0, 0.1) is 0 Å². The van der Waals surface area contributed by atoms with E-state index >= 15 is 0 Å². The maximum absolute atomic E-state index is 11.5. The van der Waals surface area contributed by atoms with Gasteiger partial charge in [-0.05, 0) is 6.42 Å². The van der Waals surface area contributed by atoms with Crippen LogP contribution in [0.25, 0.3) is 0 Å². The quantitative estimate of drug-likeness (QED) is 0.449. The molecule has 0 spiro atoms. The van der Waals surface area contributed by atoms with Crippen LogP contribution in [0.15, 0.2) is 0 Å². The molecule has 0 aliphatic rings. The summed E-state index contributed by atoms with van der Waals surface area (Å²) in [6, 6.07) is -2.11. The van der Waals surface area contributed by atoms with Gasteiger partial charge < -0.3 is 25.7 Å². The normalized spacial score (nSPS) is 11.5. The second-order valence-electron chi connectivity index (χ2n) is 3.73. The van der Waals surface area contributed by atoms with Crippen molar-refractivity contribution < 1.29 is 24.6 Å². The molecule has 104 valence electrons. The van der Waals surface area contributed by atoms with Crippen LogP contribution in [0.2, 0.25) is 0 Å². The van der Waals surface area contributed by atoms with E-state index in [0.29, 0.717) is 6.54 Å². The molecule has 0 aromatic carbocycles. The number of hydrogen-bond donors (Lipinski definition) is 4. The first kappa shape index (κ1) is 16.2. The Morgan fingerprint density at radius 2 is 1.94 bits per heavy atom. The lowest BCUT2D eigenvalue weighted by Crippen LogP contribution is -2.50. The minimum Gasteiger partial charge on any atom is -0.480 e. The third-order valence-corrected chi connectivity index (χ3v) is 2.08. The molecule has 0 saturated carbocycles. The highest BCUT2D eigenvalue weighted by Gasteiger charge is 2.21. The lowest BCUT2D eigenvalue weighted by Gasteiger charge is -2.19. The molecule has 0 aromatic rings. The molecular formula is C10H19N3O5. The molecule has 0 aromatic heterocycles. The molecule has 0 rings (SSSR count). The molecule has 1 atom stereocenters. The van der Waals surface area contributed by atoms with Crippen molar-refractivity contribution in [2.45, 2.75) is 19.4 Å². The number of amides is 3. The fourth-order valence-corrected chi connectivity index (χ4v) is 1.05. The number of rotatable bonds is 7. The highest BCUT2D eigenvalue weighted by Crippen LogP contribution is 1.89. The second kappa shape index (κ2) is 8.29. The monoisotopic (exact) mass is 261 g/mol. The van der Waals surface area contributed by atoms with Crippen LogP contribution in [-0.2, 0) is 9.59 Å². The van der Waals surface area contributed by atoms with Gasteiger partial charge in [-0.2, -0.15) is 0 Å². The maximum atomic E-state index is 11.5. The molecule has 0 aliphatic heterocycles. The molecule has 0 saturated heterocycles. The van der Waals surface area contributed by atoms with Gasteiger partial charge in [-0.25, -0.2) is 9.59 Å². The van der Waals surface area contributed by atoms with E-state index in [0.717, 1.165) is 11.3 Å². The summed E-state index contributed by atoms with van der Waals surface area (Å²) >= 11 is 0. The first-order chi connectivity index (χ1) is 8.42. The third kappa shape index (κ3) is 6.04. The van der Waals surface area contributed by atoms with E-state index in [1.807, 2.05) is 6.92 Å². The van der Waals surface area contributed by atoms with Gasteiger partial charge in [0.1, 0.15) is 6.54 Å². The number of carbonyl (C=O) groups is 3. The highest BCUT2D eigenvalue weighted by atomic mass is 16.4. The standard InChI is InChI=1S/C10H19N3O5/c1-3-4-11-8(15)5-13(2)10(18)12-7(6-14)9(16)17/h7,14H,3-6H2,1-2H3,(H,11,15)(H,12,18)(H,16,17). The zero-order chi connectivity index (χ0) is 14.1. The number of carbonyl (C=O) groups excluding carboxylic acids is 2. The molecule has 0 bridgehead atoms. The van der Waals surface area contributed by atoms with Crippen LogP contribution in [0.5, 0.6) is 0 Å². The number of carboxylic acids is 1. The molecular weight excluding hydrogens is 242 g/mol. The molecule has 1 unspecified atom stereocenters. The first-order valence-corrected chi connectivity index (χ1v) is 5.54. The number of carboxylic acid groups (broad SMARTS) is 1. The smallest absolute Gasteiger partial charge is 0.328 e. The Kier molecular flexibility index (Phi) is 7.45. The Morgan fingerprint density at radius 3 is 2.39 bits per heavy atom. The number of likely N-dealkylation sites (N-methyl/N-ethyl adjacent to an activating group) is 1. The number of hydrogen-bond acceptors (Lipinski definition) is 4. The van der Waals surface area contributed by atoms with Crippen molar-refractivity contribution in [2.24, 2.45) is 0 Å². The Bertz CT molecular complexity index is 308. The van der Waals surface area contributed by atoms with Crippen molar-refractivity contribution in [3.63, 3.8) is 0 Å². The third-order valence-electron chi connectivity index (χ3n) is 2.08. The Labute approximate surface area is 105 Å². The van der Waals surface area contributed by atoms with Crippen molar-refractivity contribution in [1.82, 2.24) is 15.5 Å². The molecule has 18 heavy (non-hydrogen) atoms. The number of nitrogens with one attached hydrogen (secondary N) is 2. The maximum Gasteiger partial charge on any atom is 0.328 e. The van der Waals surface area contributed by atoms with Crippen LogP contribution >= 0.6 is 0 Å². The van der Waals surface area contributed by atoms with Crippen molar-refractivity contribution in [3.05, 3.63) is 0 Å². The summed E-state index contributed by atoms with van der Waals surface area (Å²) in [5.74, 6) is -1.67. The summed E-state index contributed by atoms with van der Waals surface area (Å²) in [4.78, 5) is 34.4. The van der Waals surface area contributed by atoms with E-state index in [9.17, 15) is 14.4 Å². The zero-order valence-electron chi connectivity index (χ0n) is 10.5. The highest BCUT2D eigenvalue weighted by molar-refractivity contribution is 5.86. The van der Waals surface area contributed by atoms with Crippen molar-refractivity contribution in [3.8, 4) is 0 Å². The number of nitrogens with zero attached hydrogens (tertiary/aromatic N) is 1.